The van der Waals surface area contributed by atoms with Gasteiger partial charge in [-0.3, -0.25) is 19.2 Å². The summed E-state index contributed by atoms with van der Waals surface area (Å²) in [7, 11) is 0. The molecular formula is C36H40N4O8. The zero-order valence-corrected chi connectivity index (χ0v) is 27.4. The van der Waals surface area contributed by atoms with Gasteiger partial charge < -0.3 is 40.4 Å². The van der Waals surface area contributed by atoms with E-state index in [0.29, 0.717) is 22.1 Å². The van der Waals surface area contributed by atoms with Gasteiger partial charge in [-0.2, -0.15) is 0 Å². The van der Waals surface area contributed by atoms with E-state index in [4.69, 9.17) is 0 Å². The molecule has 252 valence electrons. The highest BCUT2D eigenvalue weighted by Crippen LogP contribution is 2.24. The minimum absolute atomic E-state index is 0.0748. The normalized spacial score (nSPS) is 14.2. The number of carboxylic acid groups (broad SMARTS) is 4. The molecule has 1 aliphatic heterocycles. The van der Waals surface area contributed by atoms with Crippen molar-refractivity contribution in [2.75, 3.05) is 0 Å². The van der Waals surface area contributed by atoms with E-state index >= 15 is 0 Å². The highest BCUT2D eigenvalue weighted by atomic mass is 16.4. The first-order valence-electron chi connectivity index (χ1n) is 15.8. The van der Waals surface area contributed by atoms with E-state index in [1.54, 1.807) is 0 Å². The zero-order valence-electron chi connectivity index (χ0n) is 27.4. The number of carbonyl (C=O) groups is 4. The summed E-state index contributed by atoms with van der Waals surface area (Å²) in [5, 5.41) is 40.9. The van der Waals surface area contributed by atoms with Gasteiger partial charge in [0.1, 0.15) is 0 Å². The summed E-state index contributed by atoms with van der Waals surface area (Å²) < 4.78 is 0. The molecule has 5 rings (SSSR count). The van der Waals surface area contributed by atoms with E-state index in [2.05, 4.69) is 19.9 Å². The summed E-state index contributed by atoms with van der Waals surface area (Å²) in [4.78, 5) is 60.3. The Morgan fingerprint density at radius 2 is 0.708 bits per heavy atom. The molecule has 1 aliphatic rings. The second kappa shape index (κ2) is 13.7. The Kier molecular flexibility index (Phi) is 9.64. The number of carboxylic acids is 4. The molecule has 12 nitrogen and oxygen atoms in total. The first-order valence-corrected chi connectivity index (χ1v) is 15.8. The number of rotatable bonds is 12. The monoisotopic (exact) mass is 656 g/mol. The molecule has 48 heavy (non-hydrogen) atoms. The first kappa shape index (κ1) is 33.8. The van der Waals surface area contributed by atoms with Gasteiger partial charge in [0.25, 0.3) is 0 Å². The Balaban J connectivity index is 1.89. The van der Waals surface area contributed by atoms with E-state index in [-0.39, 0.29) is 51.4 Å². The molecule has 0 radical (unpaired) electrons. The van der Waals surface area contributed by atoms with E-state index in [1.807, 2.05) is 52.0 Å². The van der Waals surface area contributed by atoms with Crippen LogP contribution >= 0.6 is 0 Å². The van der Waals surface area contributed by atoms with Gasteiger partial charge in [0.2, 0.25) is 0 Å². The van der Waals surface area contributed by atoms with Crippen LogP contribution in [0.25, 0.3) is 24.3 Å². The number of aromatic amines is 4. The fourth-order valence-electron chi connectivity index (χ4n) is 6.58. The molecule has 4 aromatic rings. The lowest BCUT2D eigenvalue weighted by molar-refractivity contribution is -0.138. The second-order valence-electron chi connectivity index (χ2n) is 12.4. The second-order valence-corrected chi connectivity index (χ2v) is 12.4. The van der Waals surface area contributed by atoms with Crippen LogP contribution in [0.15, 0.2) is 0 Å². The quantitative estimate of drug-likeness (QED) is 0.0992. The number of nitrogens with one attached hydrogen (secondary N) is 4. The largest absolute Gasteiger partial charge is 0.481 e. The van der Waals surface area contributed by atoms with Crippen molar-refractivity contribution in [2.45, 2.75) is 79.1 Å². The maximum absolute atomic E-state index is 11.6. The number of H-pyrrole nitrogens is 4. The number of hydrogen-bond donors (Lipinski definition) is 8. The molecule has 0 spiro atoms. The first-order chi connectivity index (χ1) is 22.7. The number of aliphatic carboxylic acids is 4. The summed E-state index contributed by atoms with van der Waals surface area (Å²) >= 11 is 0. The van der Waals surface area contributed by atoms with Crippen LogP contribution in [0.3, 0.4) is 0 Å². The Labute approximate surface area is 275 Å². The molecule has 12 heteroatoms. The lowest BCUT2D eigenvalue weighted by Crippen LogP contribution is -2.14. The summed E-state index contributed by atoms with van der Waals surface area (Å²) in [6.07, 6.45) is 8.48. The van der Waals surface area contributed by atoms with Gasteiger partial charge in [-0.1, -0.05) is 0 Å². The zero-order chi connectivity index (χ0) is 34.9. The molecule has 4 aromatic heterocycles. The SMILES string of the molecule is Cc1c2[nH]c(c1CCC(=O)O)/C=c1\[nH]/c(c(CCC(=O)O)c1C)=C\c1[nH]c(c(CCC(=O)O)c1C)/C=c1\[nH]c(c(CCC(=O)O)c1C)=C2. The molecule has 0 aliphatic carbocycles. The third-order valence-corrected chi connectivity index (χ3v) is 9.31. The fraction of sp³-hybridized carbons (Fsp3) is 0.333. The molecule has 8 bridgehead atoms. The molecule has 0 saturated heterocycles. The van der Waals surface area contributed by atoms with Crippen LogP contribution in [0.2, 0.25) is 0 Å². The van der Waals surface area contributed by atoms with Crippen LogP contribution in [0.1, 0.15) is 93.0 Å². The fourth-order valence-corrected chi connectivity index (χ4v) is 6.58. The van der Waals surface area contributed by atoms with Crippen molar-refractivity contribution in [2.24, 2.45) is 0 Å². The van der Waals surface area contributed by atoms with Gasteiger partial charge in [0.05, 0.1) is 0 Å². The van der Waals surface area contributed by atoms with Crippen LogP contribution in [0.4, 0.5) is 0 Å². The minimum Gasteiger partial charge on any atom is -0.481 e. The van der Waals surface area contributed by atoms with Crippen LogP contribution in [0, 0.1) is 27.7 Å². The Hall–Kier alpha value is -5.52. The van der Waals surface area contributed by atoms with Gasteiger partial charge in [0.15, 0.2) is 0 Å². The average molecular weight is 657 g/mol. The van der Waals surface area contributed by atoms with Crippen molar-refractivity contribution in [1.29, 1.82) is 0 Å². The Bertz CT molecular complexity index is 2050. The smallest absolute Gasteiger partial charge is 0.303 e. The summed E-state index contributed by atoms with van der Waals surface area (Å²) in [6, 6.07) is 0. The van der Waals surface area contributed by atoms with E-state index < -0.39 is 23.9 Å². The molecule has 0 atom stereocenters. The third kappa shape index (κ3) is 7.07. The average Bonchev–Trinajstić information content (AvgIpc) is 3.66. The molecular weight excluding hydrogens is 616 g/mol. The Morgan fingerprint density at radius 1 is 0.417 bits per heavy atom. The molecule has 0 saturated carbocycles. The predicted molar refractivity (Wildman–Crippen MR) is 179 cm³/mol. The standard InChI is InChI=1S/C36H40N4O8/c1-17-21(5-9-33(41)42)29-14-26-19(3)23(7-11-35(45)46)31(39-26)16-28-20(4)24(8-12-36(47)48)32(40-28)15-27-18(2)22(6-10-34(43)44)30(38-27)13-25(17)37-29/h13-16,37-40H,5-12H2,1-4H3,(H,41,42)(H,43,44)(H,45,46)(H,47,48)/b25-13-,26-14?,27-15?,28-16-,29-14-,30-13?,31-16?,32-15?. The number of hydrogen-bond acceptors (Lipinski definition) is 4. The van der Waals surface area contributed by atoms with E-state index in [9.17, 15) is 39.6 Å². The van der Waals surface area contributed by atoms with Gasteiger partial charge in [-0.25, -0.2) is 0 Å². The van der Waals surface area contributed by atoms with Crippen molar-refractivity contribution in [3.63, 3.8) is 0 Å². The number of fused-ring (bicyclic) bond motifs is 8. The topological polar surface area (TPSA) is 212 Å². The molecule has 8 N–H and O–H groups in total. The van der Waals surface area contributed by atoms with Crippen LogP contribution in [0.5, 0.6) is 0 Å². The lowest BCUT2D eigenvalue weighted by Gasteiger charge is -2.01. The van der Waals surface area contributed by atoms with Crippen molar-refractivity contribution < 1.29 is 39.6 Å². The van der Waals surface area contributed by atoms with Crippen molar-refractivity contribution in [1.82, 2.24) is 19.9 Å². The number of aromatic nitrogens is 4. The maximum Gasteiger partial charge on any atom is 0.303 e. The molecule has 0 amide bonds. The van der Waals surface area contributed by atoms with E-state index in [1.165, 1.54) is 0 Å². The minimum atomic E-state index is -0.922. The molecule has 0 aromatic carbocycles. The maximum atomic E-state index is 11.6. The van der Waals surface area contributed by atoms with Crippen LogP contribution in [-0.2, 0) is 44.9 Å². The molecule has 0 unspecified atom stereocenters. The highest BCUT2D eigenvalue weighted by Gasteiger charge is 2.19. The Morgan fingerprint density at radius 3 is 1.02 bits per heavy atom. The van der Waals surface area contributed by atoms with Crippen LogP contribution in [-0.4, -0.2) is 64.2 Å². The van der Waals surface area contributed by atoms with Gasteiger partial charge in [-0.05, 0) is 122 Å². The van der Waals surface area contributed by atoms with Crippen molar-refractivity contribution >= 4 is 48.2 Å². The van der Waals surface area contributed by atoms with E-state index in [0.717, 1.165) is 66.6 Å². The lowest BCUT2D eigenvalue weighted by atomic mass is 10.0. The highest BCUT2D eigenvalue weighted by molar-refractivity contribution is 5.71. The van der Waals surface area contributed by atoms with Gasteiger partial charge in [-0.15, -0.1) is 0 Å². The summed E-state index contributed by atoms with van der Waals surface area (Å²) in [5.74, 6) is -3.69. The third-order valence-electron chi connectivity index (χ3n) is 9.31. The molecule has 5 heterocycles. The van der Waals surface area contributed by atoms with Gasteiger partial charge in [0, 0.05) is 69.9 Å². The van der Waals surface area contributed by atoms with Crippen LogP contribution < -0.4 is 21.4 Å². The van der Waals surface area contributed by atoms with Crippen molar-refractivity contribution in [3.8, 4) is 0 Å². The van der Waals surface area contributed by atoms with Crippen molar-refractivity contribution in [3.05, 3.63) is 88.7 Å². The predicted octanol–water partition coefficient (Wildman–Crippen LogP) is 1.93. The summed E-state index contributed by atoms with van der Waals surface area (Å²) in [6.45, 7) is 7.67. The van der Waals surface area contributed by atoms with Gasteiger partial charge >= 0.3 is 23.9 Å². The molecule has 0 fully saturated rings. The summed E-state index contributed by atoms with van der Waals surface area (Å²) in [5.41, 5.74) is 9.64.